The van der Waals surface area contributed by atoms with E-state index in [0.29, 0.717) is 52.7 Å². The van der Waals surface area contributed by atoms with Gasteiger partial charge in [0.2, 0.25) is 0 Å². The van der Waals surface area contributed by atoms with Crippen LogP contribution in [0.5, 0.6) is 11.5 Å². The van der Waals surface area contributed by atoms with Gasteiger partial charge in [-0.1, -0.05) is 0 Å². The quantitative estimate of drug-likeness (QED) is 0.162. The number of carbonyl (C=O) groups excluding carboxylic acids is 2. The lowest BCUT2D eigenvalue weighted by molar-refractivity contribution is -0.137. The van der Waals surface area contributed by atoms with Crippen molar-refractivity contribution < 1.29 is 41.7 Å². The van der Waals surface area contributed by atoms with Gasteiger partial charge in [0.05, 0.1) is 38.6 Å². The van der Waals surface area contributed by atoms with Crippen LogP contribution < -0.4 is 20.1 Å². The number of aromatic nitrogens is 4. The van der Waals surface area contributed by atoms with E-state index < -0.39 is 35.4 Å². The minimum Gasteiger partial charge on any atom is -0.497 e. The number of ether oxygens (including phenoxy) is 4. The summed E-state index contributed by atoms with van der Waals surface area (Å²) in [7, 11) is 3.15. The number of morpholine rings is 1. The van der Waals surface area contributed by atoms with Crippen LogP contribution in [-0.4, -0.2) is 76.2 Å². The normalized spacial score (nSPS) is 14.9. The van der Waals surface area contributed by atoms with Crippen molar-refractivity contribution in [3.05, 3.63) is 95.4 Å². The molecule has 1 fully saturated rings. The minimum absolute atomic E-state index is 0.177. The predicted octanol–water partition coefficient (Wildman–Crippen LogP) is 7.02. The van der Waals surface area contributed by atoms with E-state index in [1.165, 1.54) is 12.1 Å². The number of pyridine rings is 2. The zero-order valence-corrected chi connectivity index (χ0v) is 29.7. The van der Waals surface area contributed by atoms with Crippen molar-refractivity contribution in [2.24, 2.45) is 0 Å². The molecule has 0 spiro atoms. The van der Waals surface area contributed by atoms with Crippen LogP contribution in [0.4, 0.5) is 29.6 Å². The lowest BCUT2D eigenvalue weighted by Gasteiger charge is -2.33. The van der Waals surface area contributed by atoms with Gasteiger partial charge in [0.1, 0.15) is 40.2 Å². The lowest BCUT2D eigenvalue weighted by atomic mass is 10.1. The number of fused-ring (bicyclic) bond motifs is 1. The molecule has 3 aromatic heterocycles. The summed E-state index contributed by atoms with van der Waals surface area (Å²) < 4.78 is 64.0. The second-order valence-electron chi connectivity index (χ2n) is 13.1. The second-order valence-corrected chi connectivity index (χ2v) is 13.1. The molecule has 4 heterocycles. The van der Waals surface area contributed by atoms with Crippen molar-refractivity contribution in [2.75, 3.05) is 44.5 Å². The fraction of sp³-hybridized carbons (Fsp3) is 0.324. The number of anilines is 2. The third-order valence-corrected chi connectivity index (χ3v) is 8.29. The maximum atomic E-state index is 13.2. The first-order chi connectivity index (χ1) is 25.2. The maximum absolute atomic E-state index is 13.2. The van der Waals surface area contributed by atoms with Gasteiger partial charge >= 0.3 is 12.3 Å². The standard InChI is InChI=1S/C37H38F3N7O6/c1-36(2,3)53-35(49)46-16-17-52-29(21-46)31-27-13-15-42-33(43-20-23-8-11-26(50-4)19-28(23)51-5)32(27)47(45-31)25-9-6-22(7-10-25)34(48)44-30-18-24(12-14-41-30)37(38,39)40/h6-15,18-19,29H,16-17,20-21H2,1-5H3,(H,42,43)(H,41,44,48)/t29-/m1/s1. The number of alkyl halides is 3. The fourth-order valence-electron chi connectivity index (χ4n) is 5.74. The molecular weight excluding hydrogens is 695 g/mol. The van der Waals surface area contributed by atoms with E-state index in [9.17, 15) is 22.8 Å². The zero-order valence-electron chi connectivity index (χ0n) is 29.7. The molecule has 278 valence electrons. The number of nitrogens with one attached hydrogen (secondary N) is 2. The summed E-state index contributed by atoms with van der Waals surface area (Å²) >= 11 is 0. The Morgan fingerprint density at radius 3 is 2.42 bits per heavy atom. The van der Waals surface area contributed by atoms with Crippen molar-refractivity contribution in [1.82, 2.24) is 24.6 Å². The molecule has 0 saturated carbocycles. The molecule has 1 saturated heterocycles. The van der Waals surface area contributed by atoms with Crippen molar-refractivity contribution in [2.45, 2.75) is 45.2 Å². The molecule has 2 N–H and O–H groups in total. The van der Waals surface area contributed by atoms with Crippen molar-refractivity contribution in [3.8, 4) is 17.2 Å². The molecule has 6 rings (SSSR count). The highest BCUT2D eigenvalue weighted by atomic mass is 19.4. The maximum Gasteiger partial charge on any atom is 0.416 e. The molecule has 0 unspecified atom stereocenters. The highest BCUT2D eigenvalue weighted by molar-refractivity contribution is 6.04. The van der Waals surface area contributed by atoms with E-state index >= 15 is 0 Å². The summed E-state index contributed by atoms with van der Waals surface area (Å²) in [6.07, 6.45) is -3.03. The SMILES string of the molecule is COc1ccc(CNc2nccc3c([C@H]4CN(C(=O)OC(C)(C)C)CCO4)nn(-c4ccc(C(=O)Nc5cc(C(F)(F)F)ccn5)cc4)c23)c(OC)c1. The molecule has 1 aliphatic heterocycles. The Hall–Kier alpha value is -5.90. The first-order valence-electron chi connectivity index (χ1n) is 16.6. The summed E-state index contributed by atoms with van der Waals surface area (Å²) in [4.78, 5) is 36.1. The van der Waals surface area contributed by atoms with Gasteiger partial charge < -0.3 is 34.5 Å². The van der Waals surface area contributed by atoms with E-state index in [-0.39, 0.29) is 24.5 Å². The Morgan fingerprint density at radius 2 is 1.72 bits per heavy atom. The largest absolute Gasteiger partial charge is 0.497 e. The molecule has 1 aliphatic rings. The number of amides is 2. The third-order valence-electron chi connectivity index (χ3n) is 8.29. The summed E-state index contributed by atoms with van der Waals surface area (Å²) in [5.74, 6) is 0.857. The second kappa shape index (κ2) is 15.0. The van der Waals surface area contributed by atoms with Gasteiger partial charge in [0.15, 0.2) is 5.82 Å². The van der Waals surface area contributed by atoms with Gasteiger partial charge in [-0.25, -0.2) is 19.4 Å². The number of hydrogen-bond acceptors (Lipinski definition) is 10. The lowest BCUT2D eigenvalue weighted by Crippen LogP contribution is -2.44. The molecule has 2 amide bonds. The molecule has 5 aromatic rings. The van der Waals surface area contributed by atoms with Crippen LogP contribution in [0.2, 0.25) is 0 Å². The van der Waals surface area contributed by atoms with Crippen LogP contribution in [0.15, 0.2) is 73.1 Å². The van der Waals surface area contributed by atoms with E-state index in [4.69, 9.17) is 24.0 Å². The van der Waals surface area contributed by atoms with Crippen molar-refractivity contribution in [3.63, 3.8) is 0 Å². The molecular formula is C37H38F3N7O6. The van der Waals surface area contributed by atoms with E-state index in [0.717, 1.165) is 23.9 Å². The zero-order chi connectivity index (χ0) is 37.9. The molecule has 1 atom stereocenters. The molecule has 2 aromatic carbocycles. The van der Waals surface area contributed by atoms with Crippen molar-refractivity contribution >= 4 is 34.5 Å². The van der Waals surface area contributed by atoms with E-state index in [1.807, 2.05) is 18.2 Å². The molecule has 13 nitrogen and oxygen atoms in total. The van der Waals surface area contributed by atoms with Gasteiger partial charge in [0, 0.05) is 48.1 Å². The minimum atomic E-state index is -4.59. The van der Waals surface area contributed by atoms with Crippen LogP contribution in [0.3, 0.4) is 0 Å². The average molecular weight is 734 g/mol. The molecule has 16 heteroatoms. The van der Waals surface area contributed by atoms with Crippen LogP contribution >= 0.6 is 0 Å². The van der Waals surface area contributed by atoms with Gasteiger partial charge in [-0.2, -0.15) is 18.3 Å². The van der Waals surface area contributed by atoms with Crippen LogP contribution in [0.1, 0.15) is 54.1 Å². The third kappa shape index (κ3) is 8.43. The number of benzene rings is 2. The smallest absolute Gasteiger partial charge is 0.416 e. The highest BCUT2D eigenvalue weighted by Crippen LogP contribution is 2.35. The molecule has 0 bridgehead atoms. The Labute approximate surface area is 303 Å². The summed E-state index contributed by atoms with van der Waals surface area (Å²) in [5.41, 5.74) is 1.11. The topological polar surface area (TPSA) is 142 Å². The van der Waals surface area contributed by atoms with Gasteiger partial charge in [-0.05, 0) is 75.4 Å². The van der Waals surface area contributed by atoms with Crippen LogP contribution in [0.25, 0.3) is 16.6 Å². The van der Waals surface area contributed by atoms with Crippen LogP contribution in [0, 0.1) is 0 Å². The fourth-order valence-corrected chi connectivity index (χ4v) is 5.74. The Bertz CT molecular complexity index is 2120. The molecule has 0 aliphatic carbocycles. The number of carbonyl (C=O) groups is 2. The highest BCUT2D eigenvalue weighted by Gasteiger charge is 2.33. The van der Waals surface area contributed by atoms with Crippen LogP contribution in [-0.2, 0) is 22.2 Å². The van der Waals surface area contributed by atoms with Crippen molar-refractivity contribution in [1.29, 1.82) is 0 Å². The summed E-state index contributed by atoms with van der Waals surface area (Å²) in [6, 6.07) is 15.3. The Balaban J connectivity index is 1.34. The molecule has 53 heavy (non-hydrogen) atoms. The van der Waals surface area contributed by atoms with E-state index in [2.05, 4.69) is 20.6 Å². The van der Waals surface area contributed by atoms with Gasteiger partial charge in [-0.3, -0.25) is 4.79 Å². The average Bonchev–Trinajstić information content (AvgIpc) is 3.53. The number of rotatable bonds is 9. The molecule has 0 radical (unpaired) electrons. The Morgan fingerprint density at radius 1 is 0.962 bits per heavy atom. The van der Waals surface area contributed by atoms with E-state index in [1.54, 1.807) is 69.0 Å². The predicted molar refractivity (Wildman–Crippen MR) is 189 cm³/mol. The number of nitrogens with zero attached hydrogens (tertiary/aromatic N) is 5. The number of halogens is 3. The Kier molecular flexibility index (Phi) is 10.4. The number of methoxy groups -OCH3 is 2. The monoisotopic (exact) mass is 733 g/mol. The number of hydrogen-bond donors (Lipinski definition) is 2. The first-order valence-corrected chi connectivity index (χ1v) is 16.6. The summed E-state index contributed by atoms with van der Waals surface area (Å²) in [6.45, 7) is 6.54. The van der Waals surface area contributed by atoms with Gasteiger partial charge in [-0.15, -0.1) is 0 Å². The summed E-state index contributed by atoms with van der Waals surface area (Å²) in [5, 5.41) is 11.5. The first kappa shape index (κ1) is 36.9. The van der Waals surface area contributed by atoms with Gasteiger partial charge in [0.25, 0.3) is 5.91 Å².